The van der Waals surface area contributed by atoms with Gasteiger partial charge in [0.25, 0.3) is 5.56 Å². The van der Waals surface area contributed by atoms with Crippen molar-refractivity contribution in [1.29, 1.82) is 0 Å². The molecule has 1 atom stereocenters. The average Bonchev–Trinajstić information content (AvgIpc) is 2.58. The van der Waals surface area contributed by atoms with E-state index in [4.69, 9.17) is 4.74 Å². The van der Waals surface area contributed by atoms with Gasteiger partial charge in [-0.1, -0.05) is 0 Å². The second-order valence-electron chi connectivity index (χ2n) is 5.30. The molecule has 8 heteroatoms. The lowest BCUT2D eigenvalue weighted by atomic mass is 10.1. The molecule has 0 bridgehead atoms. The summed E-state index contributed by atoms with van der Waals surface area (Å²) >= 11 is 0. The number of carbonyl (C=O) groups excluding carboxylic acids is 1. The second kappa shape index (κ2) is 6.99. The summed E-state index contributed by atoms with van der Waals surface area (Å²) in [6.07, 6.45) is 4.64. The molecule has 1 aliphatic rings. The molecule has 0 aliphatic carbocycles. The monoisotopic (exact) mass is 315 g/mol. The Morgan fingerprint density at radius 2 is 2.17 bits per heavy atom. The molecule has 3 heterocycles. The molecule has 0 aromatic carbocycles. The van der Waals surface area contributed by atoms with Crippen molar-refractivity contribution in [3.05, 3.63) is 47.0 Å². The number of amides is 1. The number of ether oxygens (including phenoxy) is 1. The first-order chi connectivity index (χ1) is 11.2. The van der Waals surface area contributed by atoms with Gasteiger partial charge in [-0.2, -0.15) is 10.2 Å². The summed E-state index contributed by atoms with van der Waals surface area (Å²) in [6.45, 7) is 1.06. The predicted octanol–water partition coefficient (Wildman–Crippen LogP) is 0.103. The number of nitrogens with zero attached hydrogens (tertiary/aromatic N) is 5. The van der Waals surface area contributed by atoms with Gasteiger partial charge < -0.3 is 9.64 Å². The van der Waals surface area contributed by atoms with Gasteiger partial charge >= 0.3 is 0 Å². The van der Waals surface area contributed by atoms with E-state index in [1.54, 1.807) is 29.3 Å². The molecule has 1 fully saturated rings. The summed E-state index contributed by atoms with van der Waals surface area (Å²) in [6, 6.07) is 6.42. The summed E-state index contributed by atoms with van der Waals surface area (Å²) < 4.78 is 6.92. The molecular formula is C15H17N5O3. The second-order valence-corrected chi connectivity index (χ2v) is 5.30. The van der Waals surface area contributed by atoms with Crippen molar-refractivity contribution in [3.63, 3.8) is 0 Å². The van der Waals surface area contributed by atoms with Crippen LogP contribution in [-0.4, -0.2) is 50.0 Å². The van der Waals surface area contributed by atoms with Crippen LogP contribution < -0.4 is 10.3 Å². The van der Waals surface area contributed by atoms with Crippen LogP contribution in [0.15, 0.2) is 41.5 Å². The van der Waals surface area contributed by atoms with Crippen molar-refractivity contribution in [2.24, 2.45) is 0 Å². The minimum Gasteiger partial charge on any atom is -0.471 e. The molecule has 23 heavy (non-hydrogen) atoms. The SMILES string of the molecule is O=C(Cn1ncccc1=O)N1CCCC(Oc2cccnn2)C1. The average molecular weight is 315 g/mol. The van der Waals surface area contributed by atoms with Crippen LogP contribution in [0.3, 0.4) is 0 Å². The number of likely N-dealkylation sites (tertiary alicyclic amines) is 1. The van der Waals surface area contributed by atoms with Crippen LogP contribution in [0.25, 0.3) is 0 Å². The highest BCUT2D eigenvalue weighted by Crippen LogP contribution is 2.16. The topological polar surface area (TPSA) is 90.2 Å². The van der Waals surface area contributed by atoms with Crippen molar-refractivity contribution in [3.8, 4) is 5.88 Å². The van der Waals surface area contributed by atoms with Crippen LogP contribution in [0.2, 0.25) is 0 Å². The van der Waals surface area contributed by atoms with Crippen LogP contribution in [0.5, 0.6) is 5.88 Å². The Labute approximate surface area is 132 Å². The Morgan fingerprint density at radius 1 is 1.30 bits per heavy atom. The molecule has 1 saturated heterocycles. The van der Waals surface area contributed by atoms with Gasteiger partial charge in [0.15, 0.2) is 0 Å². The van der Waals surface area contributed by atoms with Gasteiger partial charge in [-0.05, 0) is 25.0 Å². The van der Waals surface area contributed by atoms with Crippen LogP contribution in [0.1, 0.15) is 12.8 Å². The van der Waals surface area contributed by atoms with E-state index in [1.807, 2.05) is 0 Å². The third kappa shape index (κ3) is 3.91. The lowest BCUT2D eigenvalue weighted by molar-refractivity contribution is -0.134. The fourth-order valence-electron chi connectivity index (χ4n) is 2.52. The van der Waals surface area contributed by atoms with Crippen molar-refractivity contribution in [1.82, 2.24) is 24.9 Å². The smallest absolute Gasteiger partial charge is 0.267 e. The molecule has 120 valence electrons. The van der Waals surface area contributed by atoms with Crippen LogP contribution >= 0.6 is 0 Å². The minimum atomic E-state index is -0.287. The molecular weight excluding hydrogens is 298 g/mol. The molecule has 0 saturated carbocycles. The molecule has 0 radical (unpaired) electrons. The van der Waals surface area contributed by atoms with E-state index in [0.717, 1.165) is 17.5 Å². The molecule has 8 nitrogen and oxygen atoms in total. The van der Waals surface area contributed by atoms with Crippen LogP contribution in [0.4, 0.5) is 0 Å². The number of rotatable bonds is 4. The van der Waals surface area contributed by atoms with Gasteiger partial charge in [-0.15, -0.1) is 5.10 Å². The summed E-state index contributed by atoms with van der Waals surface area (Å²) in [5.41, 5.74) is -0.287. The molecule has 2 aromatic rings. The zero-order valence-corrected chi connectivity index (χ0v) is 12.5. The fraction of sp³-hybridized carbons (Fsp3) is 0.400. The fourth-order valence-corrected chi connectivity index (χ4v) is 2.52. The van der Waals surface area contributed by atoms with E-state index in [1.165, 1.54) is 12.3 Å². The Morgan fingerprint density at radius 3 is 2.96 bits per heavy atom. The third-order valence-electron chi connectivity index (χ3n) is 3.64. The van der Waals surface area contributed by atoms with E-state index in [0.29, 0.717) is 19.0 Å². The van der Waals surface area contributed by atoms with E-state index in [2.05, 4.69) is 15.3 Å². The number of piperidine rings is 1. The summed E-state index contributed by atoms with van der Waals surface area (Å²) in [5, 5.41) is 11.6. The number of carbonyl (C=O) groups is 1. The Bertz CT molecular complexity index is 718. The van der Waals surface area contributed by atoms with Gasteiger partial charge in [0.1, 0.15) is 12.6 Å². The van der Waals surface area contributed by atoms with E-state index in [9.17, 15) is 9.59 Å². The zero-order valence-electron chi connectivity index (χ0n) is 12.5. The Kier molecular flexibility index (Phi) is 4.60. The lowest BCUT2D eigenvalue weighted by Crippen LogP contribution is -2.46. The first-order valence-corrected chi connectivity index (χ1v) is 7.46. The van der Waals surface area contributed by atoms with Crippen molar-refractivity contribution in [2.45, 2.75) is 25.5 Å². The molecule has 0 N–H and O–H groups in total. The maximum Gasteiger partial charge on any atom is 0.267 e. The lowest BCUT2D eigenvalue weighted by Gasteiger charge is -2.32. The Hall–Kier alpha value is -2.77. The highest BCUT2D eigenvalue weighted by atomic mass is 16.5. The zero-order chi connectivity index (χ0) is 16.1. The highest BCUT2D eigenvalue weighted by molar-refractivity contribution is 5.76. The van der Waals surface area contributed by atoms with E-state index >= 15 is 0 Å². The normalized spacial score (nSPS) is 17.7. The van der Waals surface area contributed by atoms with Gasteiger partial charge in [-0.3, -0.25) is 9.59 Å². The molecule has 0 spiro atoms. The maximum atomic E-state index is 12.4. The quantitative estimate of drug-likeness (QED) is 0.795. The predicted molar refractivity (Wildman–Crippen MR) is 80.8 cm³/mol. The third-order valence-corrected chi connectivity index (χ3v) is 3.64. The van der Waals surface area contributed by atoms with Gasteiger partial charge in [-0.25, -0.2) is 4.68 Å². The molecule has 2 aromatic heterocycles. The van der Waals surface area contributed by atoms with Crippen LogP contribution in [-0.2, 0) is 11.3 Å². The van der Waals surface area contributed by atoms with E-state index in [-0.39, 0.29) is 24.1 Å². The van der Waals surface area contributed by atoms with Crippen molar-refractivity contribution in [2.75, 3.05) is 13.1 Å². The minimum absolute atomic E-state index is 0.0580. The summed E-state index contributed by atoms with van der Waals surface area (Å²) in [4.78, 5) is 25.7. The number of hydrogen-bond acceptors (Lipinski definition) is 6. The summed E-state index contributed by atoms with van der Waals surface area (Å²) in [5.74, 6) is 0.311. The van der Waals surface area contributed by atoms with Crippen molar-refractivity contribution < 1.29 is 9.53 Å². The van der Waals surface area contributed by atoms with Gasteiger partial charge in [0.2, 0.25) is 11.8 Å². The Balaban J connectivity index is 1.61. The molecule has 3 rings (SSSR count). The van der Waals surface area contributed by atoms with Gasteiger partial charge in [0, 0.05) is 31.1 Å². The summed E-state index contributed by atoms with van der Waals surface area (Å²) in [7, 11) is 0. The van der Waals surface area contributed by atoms with E-state index < -0.39 is 0 Å². The highest BCUT2D eigenvalue weighted by Gasteiger charge is 2.25. The van der Waals surface area contributed by atoms with Crippen LogP contribution in [0, 0.1) is 0 Å². The first-order valence-electron chi connectivity index (χ1n) is 7.46. The number of aromatic nitrogens is 4. The number of hydrogen-bond donors (Lipinski definition) is 0. The maximum absolute atomic E-state index is 12.4. The first kappa shape index (κ1) is 15.1. The standard InChI is InChI=1S/C15H17N5O3/c21-14-6-2-8-17-20(14)11-15(22)19-9-3-4-12(10-19)23-13-5-1-7-16-18-13/h1-2,5-8,12H,3-4,9-11H2. The largest absolute Gasteiger partial charge is 0.471 e. The molecule has 1 unspecified atom stereocenters. The van der Waals surface area contributed by atoms with Crippen molar-refractivity contribution >= 4 is 5.91 Å². The molecule has 1 aliphatic heterocycles. The van der Waals surface area contributed by atoms with Gasteiger partial charge in [0.05, 0.1) is 6.54 Å². The molecule has 1 amide bonds.